The predicted octanol–water partition coefficient (Wildman–Crippen LogP) is 2.90. The summed E-state index contributed by atoms with van der Waals surface area (Å²) in [5.74, 6) is 0. The van der Waals surface area contributed by atoms with Gasteiger partial charge in [-0.1, -0.05) is 13.8 Å². The van der Waals surface area contributed by atoms with Crippen molar-refractivity contribution in [2.24, 2.45) is 0 Å². The van der Waals surface area contributed by atoms with E-state index >= 15 is 0 Å². The van der Waals surface area contributed by atoms with E-state index in [1.807, 2.05) is 39.0 Å². The second-order valence-electron chi connectivity index (χ2n) is 2.39. The molecule has 0 saturated carbocycles. The maximum absolute atomic E-state index is 4.17. The summed E-state index contributed by atoms with van der Waals surface area (Å²) in [4.78, 5) is 7.37. The van der Waals surface area contributed by atoms with Crippen LogP contribution in [0.4, 0.5) is 0 Å². The number of nitrogens with one attached hydrogen (secondary N) is 1. The third-order valence-corrected chi connectivity index (χ3v) is 1.52. The third-order valence-electron chi connectivity index (χ3n) is 1.52. The number of fused-ring (bicyclic) bond motifs is 1. The second kappa shape index (κ2) is 3.90. The number of aromatic amines is 1. The van der Waals surface area contributed by atoms with E-state index in [4.69, 9.17) is 0 Å². The van der Waals surface area contributed by atoms with Gasteiger partial charge in [0, 0.05) is 11.9 Å². The molecule has 2 nitrogen and oxygen atoms in total. The molecule has 0 saturated heterocycles. The fraction of sp³-hybridized carbons (Fsp3) is 0.300. The van der Waals surface area contributed by atoms with Crippen molar-refractivity contribution >= 4 is 11.0 Å². The molecule has 0 aliphatic rings. The van der Waals surface area contributed by atoms with Crippen LogP contribution in [0.25, 0.3) is 11.0 Å². The van der Waals surface area contributed by atoms with E-state index in [-0.39, 0.29) is 0 Å². The Hall–Kier alpha value is -1.31. The maximum Gasteiger partial charge on any atom is 0.0881 e. The van der Waals surface area contributed by atoms with Crippen molar-refractivity contribution in [3.05, 3.63) is 30.1 Å². The molecular formula is C10H14N2. The first kappa shape index (κ1) is 8.78. The normalized spacial score (nSPS) is 9.25. The van der Waals surface area contributed by atoms with Gasteiger partial charge in [0.25, 0.3) is 0 Å². The summed E-state index contributed by atoms with van der Waals surface area (Å²) in [5.41, 5.74) is 3.31. The van der Waals surface area contributed by atoms with E-state index in [0.29, 0.717) is 0 Å². The number of rotatable bonds is 0. The molecule has 0 unspecified atom stereocenters. The average Bonchev–Trinajstić information content (AvgIpc) is 2.48. The Morgan fingerprint density at radius 2 is 2.08 bits per heavy atom. The summed E-state index contributed by atoms with van der Waals surface area (Å²) in [6.45, 7) is 6.03. The van der Waals surface area contributed by atoms with Gasteiger partial charge in [0.2, 0.25) is 0 Å². The van der Waals surface area contributed by atoms with Crippen LogP contribution in [0, 0.1) is 6.92 Å². The number of hydrogen-bond acceptors (Lipinski definition) is 1. The fourth-order valence-electron chi connectivity index (χ4n) is 1.09. The van der Waals surface area contributed by atoms with Crippen LogP contribution in [0.15, 0.2) is 24.4 Å². The molecule has 1 N–H and O–H groups in total. The number of pyridine rings is 1. The molecule has 0 spiro atoms. The Bertz CT molecular complexity index is 316. The molecule has 0 bridgehead atoms. The van der Waals surface area contributed by atoms with Crippen LogP contribution in [0.3, 0.4) is 0 Å². The van der Waals surface area contributed by atoms with E-state index < -0.39 is 0 Å². The molecule has 64 valence electrons. The van der Waals surface area contributed by atoms with Gasteiger partial charge in [-0.15, -0.1) is 0 Å². The molecule has 0 aliphatic carbocycles. The van der Waals surface area contributed by atoms with Crippen LogP contribution in [0.1, 0.15) is 19.5 Å². The molecule has 2 heterocycles. The van der Waals surface area contributed by atoms with Crippen LogP contribution in [-0.2, 0) is 0 Å². The molecule has 0 fully saturated rings. The molecule has 2 aromatic heterocycles. The van der Waals surface area contributed by atoms with Crippen LogP contribution in [0.5, 0.6) is 0 Å². The number of nitrogens with zero attached hydrogens (tertiary/aromatic N) is 1. The van der Waals surface area contributed by atoms with E-state index in [1.54, 1.807) is 6.20 Å². The molecule has 0 radical (unpaired) electrons. The highest BCUT2D eigenvalue weighted by molar-refractivity contribution is 5.75. The lowest BCUT2D eigenvalue weighted by Gasteiger charge is -1.83. The highest BCUT2D eigenvalue weighted by atomic mass is 14.8. The lowest BCUT2D eigenvalue weighted by Crippen LogP contribution is -1.69. The Balaban J connectivity index is 0.000000336. The Kier molecular flexibility index (Phi) is 2.86. The van der Waals surface area contributed by atoms with E-state index in [2.05, 4.69) is 9.97 Å². The lowest BCUT2D eigenvalue weighted by molar-refractivity contribution is 1.30. The summed E-state index contributed by atoms with van der Waals surface area (Å²) in [6, 6.07) is 5.99. The van der Waals surface area contributed by atoms with Crippen molar-refractivity contribution in [1.29, 1.82) is 0 Å². The Labute approximate surface area is 72.6 Å². The smallest absolute Gasteiger partial charge is 0.0881 e. The van der Waals surface area contributed by atoms with Crippen LogP contribution < -0.4 is 0 Å². The summed E-state index contributed by atoms with van der Waals surface area (Å²) in [6.07, 6.45) is 1.80. The van der Waals surface area contributed by atoms with Crippen molar-refractivity contribution in [2.45, 2.75) is 20.8 Å². The first-order valence-electron chi connectivity index (χ1n) is 4.26. The summed E-state index contributed by atoms with van der Waals surface area (Å²) in [5, 5.41) is 0. The standard InChI is InChI=1S/C8H8N2.C2H6/c1-6-5-8-7(10-6)3-2-4-9-8;1-2/h2-5,10H,1H3;1-2H3. The molecular weight excluding hydrogens is 148 g/mol. The van der Waals surface area contributed by atoms with Gasteiger partial charge in [0.05, 0.1) is 11.0 Å². The summed E-state index contributed by atoms with van der Waals surface area (Å²) < 4.78 is 0. The van der Waals surface area contributed by atoms with Gasteiger partial charge < -0.3 is 4.98 Å². The molecule has 2 rings (SSSR count). The quantitative estimate of drug-likeness (QED) is 0.634. The van der Waals surface area contributed by atoms with Crippen molar-refractivity contribution in [3.8, 4) is 0 Å². The van der Waals surface area contributed by atoms with E-state index in [0.717, 1.165) is 16.7 Å². The van der Waals surface area contributed by atoms with Gasteiger partial charge in [0.15, 0.2) is 0 Å². The predicted molar refractivity (Wildman–Crippen MR) is 52.2 cm³/mol. The average molecular weight is 162 g/mol. The first-order valence-corrected chi connectivity index (χ1v) is 4.26. The van der Waals surface area contributed by atoms with Gasteiger partial charge in [-0.3, -0.25) is 4.98 Å². The van der Waals surface area contributed by atoms with Crippen LogP contribution >= 0.6 is 0 Å². The minimum atomic E-state index is 1.04. The topological polar surface area (TPSA) is 28.7 Å². The van der Waals surface area contributed by atoms with Crippen molar-refractivity contribution < 1.29 is 0 Å². The maximum atomic E-state index is 4.17. The first-order chi connectivity index (χ1) is 5.86. The number of hydrogen-bond donors (Lipinski definition) is 1. The SMILES string of the molecule is CC.Cc1cc2ncccc2[nH]1. The van der Waals surface area contributed by atoms with E-state index in [9.17, 15) is 0 Å². The van der Waals surface area contributed by atoms with Gasteiger partial charge in [-0.05, 0) is 25.1 Å². The number of aromatic nitrogens is 2. The summed E-state index contributed by atoms with van der Waals surface area (Å²) >= 11 is 0. The van der Waals surface area contributed by atoms with Crippen LogP contribution in [-0.4, -0.2) is 9.97 Å². The molecule has 2 aromatic rings. The zero-order chi connectivity index (χ0) is 8.97. The van der Waals surface area contributed by atoms with Gasteiger partial charge in [-0.25, -0.2) is 0 Å². The van der Waals surface area contributed by atoms with Crippen LogP contribution in [0.2, 0.25) is 0 Å². The highest BCUT2D eigenvalue weighted by Gasteiger charge is 1.93. The minimum absolute atomic E-state index is 1.04. The zero-order valence-electron chi connectivity index (χ0n) is 7.76. The monoisotopic (exact) mass is 162 g/mol. The molecule has 0 atom stereocenters. The van der Waals surface area contributed by atoms with Gasteiger partial charge >= 0.3 is 0 Å². The highest BCUT2D eigenvalue weighted by Crippen LogP contribution is 2.09. The largest absolute Gasteiger partial charge is 0.357 e. The van der Waals surface area contributed by atoms with Crippen molar-refractivity contribution in [1.82, 2.24) is 9.97 Å². The second-order valence-corrected chi connectivity index (χ2v) is 2.39. The molecule has 0 aromatic carbocycles. The molecule has 0 amide bonds. The molecule has 2 heteroatoms. The van der Waals surface area contributed by atoms with E-state index in [1.165, 1.54) is 0 Å². The number of H-pyrrole nitrogens is 1. The lowest BCUT2D eigenvalue weighted by atomic mass is 10.4. The summed E-state index contributed by atoms with van der Waals surface area (Å²) in [7, 11) is 0. The molecule has 0 aliphatic heterocycles. The fourth-order valence-corrected chi connectivity index (χ4v) is 1.09. The van der Waals surface area contributed by atoms with Crippen molar-refractivity contribution in [3.63, 3.8) is 0 Å². The minimum Gasteiger partial charge on any atom is -0.357 e. The van der Waals surface area contributed by atoms with Crippen molar-refractivity contribution in [2.75, 3.05) is 0 Å². The third kappa shape index (κ3) is 1.64. The molecule has 12 heavy (non-hydrogen) atoms. The Morgan fingerprint density at radius 3 is 2.75 bits per heavy atom. The van der Waals surface area contributed by atoms with Gasteiger partial charge in [0.1, 0.15) is 0 Å². The zero-order valence-corrected chi connectivity index (χ0v) is 7.76. The van der Waals surface area contributed by atoms with Gasteiger partial charge in [-0.2, -0.15) is 0 Å². The Morgan fingerprint density at radius 1 is 1.33 bits per heavy atom. The number of aryl methyl sites for hydroxylation is 1.